The van der Waals surface area contributed by atoms with E-state index in [2.05, 4.69) is 36.0 Å². The molecule has 0 aliphatic carbocycles. The highest BCUT2D eigenvalue weighted by atomic mass is 32.2. The number of benzene rings is 1. The van der Waals surface area contributed by atoms with Gasteiger partial charge in [-0.2, -0.15) is 13.4 Å². The highest BCUT2D eigenvalue weighted by Crippen LogP contribution is 2.21. The van der Waals surface area contributed by atoms with E-state index in [4.69, 9.17) is 4.55 Å². The SMILES string of the molecule is CN(C)CCNc1nc(NNc2ccc(S(=O)(=O)O)cc2)cc(-c2ccncc2)n1. The van der Waals surface area contributed by atoms with Gasteiger partial charge in [-0.1, -0.05) is 0 Å². The van der Waals surface area contributed by atoms with Gasteiger partial charge in [0.2, 0.25) is 5.95 Å². The van der Waals surface area contributed by atoms with Gasteiger partial charge < -0.3 is 10.2 Å². The zero-order valence-corrected chi connectivity index (χ0v) is 17.4. The van der Waals surface area contributed by atoms with E-state index in [0.717, 1.165) is 12.1 Å². The summed E-state index contributed by atoms with van der Waals surface area (Å²) in [5, 5.41) is 3.21. The Labute approximate surface area is 175 Å². The van der Waals surface area contributed by atoms with Crippen molar-refractivity contribution in [1.82, 2.24) is 19.9 Å². The quantitative estimate of drug-likeness (QED) is 0.296. The van der Waals surface area contributed by atoms with Crippen molar-refractivity contribution in [3.8, 4) is 11.3 Å². The second-order valence-electron chi connectivity index (χ2n) is 6.68. The van der Waals surface area contributed by atoms with Crippen LogP contribution >= 0.6 is 0 Å². The predicted octanol–water partition coefficient (Wildman–Crippen LogP) is 2.20. The topological polar surface area (TPSA) is 132 Å². The van der Waals surface area contributed by atoms with E-state index in [1.165, 1.54) is 24.3 Å². The molecule has 0 bridgehead atoms. The summed E-state index contributed by atoms with van der Waals surface area (Å²) in [4.78, 5) is 14.9. The monoisotopic (exact) mass is 429 g/mol. The van der Waals surface area contributed by atoms with E-state index < -0.39 is 10.1 Å². The Morgan fingerprint density at radius 1 is 1.00 bits per heavy atom. The number of nitrogens with one attached hydrogen (secondary N) is 3. The van der Waals surface area contributed by atoms with E-state index in [0.29, 0.717) is 29.7 Å². The summed E-state index contributed by atoms with van der Waals surface area (Å²) >= 11 is 0. The van der Waals surface area contributed by atoms with Gasteiger partial charge in [-0.15, -0.1) is 0 Å². The Balaban J connectivity index is 1.78. The van der Waals surface area contributed by atoms with E-state index in [1.807, 2.05) is 26.2 Å². The molecule has 0 spiro atoms. The van der Waals surface area contributed by atoms with E-state index >= 15 is 0 Å². The summed E-state index contributed by atoms with van der Waals surface area (Å²) in [7, 11) is -0.257. The minimum absolute atomic E-state index is 0.178. The molecule has 4 N–H and O–H groups in total. The van der Waals surface area contributed by atoms with Crippen LogP contribution in [-0.2, 0) is 10.1 Å². The molecule has 0 aliphatic rings. The van der Waals surface area contributed by atoms with Gasteiger partial charge in [0.15, 0.2) is 5.82 Å². The minimum Gasteiger partial charge on any atom is -0.353 e. The lowest BCUT2D eigenvalue weighted by molar-refractivity contribution is 0.425. The van der Waals surface area contributed by atoms with Crippen LogP contribution in [0, 0.1) is 0 Å². The Morgan fingerprint density at radius 2 is 1.70 bits per heavy atom. The molecular weight excluding hydrogens is 406 g/mol. The standard InChI is InChI=1S/C19H23N7O3S/c1-26(2)12-11-21-19-22-17(14-7-9-20-10-8-14)13-18(23-19)25-24-15-3-5-16(6-4-15)30(27,28)29/h3-10,13,24H,11-12H2,1-2H3,(H,27,28,29)(H2,21,22,23,25). The van der Waals surface area contributed by atoms with Crippen LogP contribution in [0.3, 0.4) is 0 Å². The molecule has 2 heterocycles. The van der Waals surface area contributed by atoms with Crippen molar-refractivity contribution < 1.29 is 13.0 Å². The molecule has 2 aromatic heterocycles. The summed E-state index contributed by atoms with van der Waals surface area (Å²) in [6.07, 6.45) is 3.39. The van der Waals surface area contributed by atoms with Crippen LogP contribution in [0.5, 0.6) is 0 Å². The smallest absolute Gasteiger partial charge is 0.294 e. The maximum atomic E-state index is 11.1. The van der Waals surface area contributed by atoms with Crippen LogP contribution in [-0.4, -0.2) is 60.0 Å². The van der Waals surface area contributed by atoms with Crippen LogP contribution in [0.15, 0.2) is 59.8 Å². The molecule has 0 saturated carbocycles. The van der Waals surface area contributed by atoms with Gasteiger partial charge in [0.1, 0.15) is 0 Å². The van der Waals surface area contributed by atoms with Crippen molar-refractivity contribution in [2.24, 2.45) is 0 Å². The van der Waals surface area contributed by atoms with Crippen molar-refractivity contribution in [2.45, 2.75) is 4.90 Å². The molecule has 0 fully saturated rings. The molecule has 158 valence electrons. The van der Waals surface area contributed by atoms with E-state index in [9.17, 15) is 8.42 Å². The van der Waals surface area contributed by atoms with Crippen LogP contribution in [0.4, 0.5) is 17.5 Å². The number of hydrogen-bond donors (Lipinski definition) is 4. The second kappa shape index (κ2) is 9.48. The first kappa shape index (κ1) is 21.4. The van der Waals surface area contributed by atoms with E-state index in [-0.39, 0.29) is 4.90 Å². The number of hydrogen-bond acceptors (Lipinski definition) is 9. The average Bonchev–Trinajstić information content (AvgIpc) is 2.72. The first-order valence-electron chi connectivity index (χ1n) is 9.09. The molecule has 0 radical (unpaired) electrons. The molecule has 0 atom stereocenters. The van der Waals surface area contributed by atoms with Gasteiger partial charge in [0.05, 0.1) is 16.3 Å². The van der Waals surface area contributed by atoms with Crippen molar-refractivity contribution in [1.29, 1.82) is 0 Å². The third-order valence-corrected chi connectivity index (χ3v) is 4.90. The zero-order valence-electron chi connectivity index (χ0n) is 16.6. The molecule has 30 heavy (non-hydrogen) atoms. The zero-order chi connectivity index (χ0) is 21.6. The van der Waals surface area contributed by atoms with Crippen LogP contribution < -0.4 is 16.2 Å². The maximum absolute atomic E-state index is 11.1. The van der Waals surface area contributed by atoms with Gasteiger partial charge in [0, 0.05) is 37.1 Å². The van der Waals surface area contributed by atoms with Crippen LogP contribution in [0.1, 0.15) is 0 Å². The number of hydrazine groups is 1. The fraction of sp³-hybridized carbons (Fsp3) is 0.211. The average molecular weight is 430 g/mol. The number of rotatable bonds is 9. The number of anilines is 3. The summed E-state index contributed by atoms with van der Waals surface area (Å²) in [5.41, 5.74) is 8.14. The number of pyridine rings is 1. The molecule has 0 unspecified atom stereocenters. The Hall–Kier alpha value is -3.28. The second-order valence-corrected chi connectivity index (χ2v) is 8.10. The summed E-state index contributed by atoms with van der Waals surface area (Å²) in [5.74, 6) is 0.986. The normalized spacial score (nSPS) is 11.3. The van der Waals surface area contributed by atoms with Gasteiger partial charge in [-0.3, -0.25) is 20.4 Å². The molecule has 0 saturated heterocycles. The molecule has 0 amide bonds. The largest absolute Gasteiger partial charge is 0.353 e. The molecule has 11 heteroatoms. The summed E-state index contributed by atoms with van der Waals surface area (Å²) in [6.45, 7) is 1.50. The summed E-state index contributed by atoms with van der Waals surface area (Å²) < 4.78 is 31.4. The Kier molecular flexibility index (Phi) is 6.77. The predicted molar refractivity (Wildman–Crippen MR) is 116 cm³/mol. The number of aromatic nitrogens is 3. The summed E-state index contributed by atoms with van der Waals surface area (Å²) in [6, 6.07) is 11.2. The molecule has 0 aliphatic heterocycles. The molecule has 1 aromatic carbocycles. The Morgan fingerprint density at radius 3 is 2.33 bits per heavy atom. The fourth-order valence-corrected chi connectivity index (χ4v) is 2.98. The Bertz CT molecular complexity index is 1080. The number of likely N-dealkylation sites (N-methyl/N-ethyl adjacent to an activating group) is 1. The van der Waals surface area contributed by atoms with Crippen molar-refractivity contribution >= 4 is 27.6 Å². The van der Waals surface area contributed by atoms with Crippen LogP contribution in [0.25, 0.3) is 11.3 Å². The highest BCUT2D eigenvalue weighted by Gasteiger charge is 2.09. The highest BCUT2D eigenvalue weighted by molar-refractivity contribution is 7.85. The molecule has 3 rings (SSSR count). The first-order chi connectivity index (χ1) is 14.3. The van der Waals surface area contributed by atoms with Crippen molar-refractivity contribution in [2.75, 3.05) is 43.4 Å². The molecule has 3 aromatic rings. The number of nitrogens with zero attached hydrogens (tertiary/aromatic N) is 4. The van der Waals surface area contributed by atoms with Crippen LogP contribution in [0.2, 0.25) is 0 Å². The minimum atomic E-state index is -4.23. The first-order valence-corrected chi connectivity index (χ1v) is 10.5. The van der Waals surface area contributed by atoms with E-state index in [1.54, 1.807) is 18.5 Å². The van der Waals surface area contributed by atoms with Gasteiger partial charge in [0.25, 0.3) is 10.1 Å². The van der Waals surface area contributed by atoms with Crippen molar-refractivity contribution in [3.63, 3.8) is 0 Å². The third kappa shape index (κ3) is 6.11. The molecular formula is C19H23N7O3S. The maximum Gasteiger partial charge on any atom is 0.294 e. The van der Waals surface area contributed by atoms with Gasteiger partial charge >= 0.3 is 0 Å². The lowest BCUT2D eigenvalue weighted by Crippen LogP contribution is -2.22. The lowest BCUT2D eigenvalue weighted by atomic mass is 10.2. The van der Waals surface area contributed by atoms with Gasteiger partial charge in [-0.25, -0.2) is 4.98 Å². The fourth-order valence-electron chi connectivity index (χ4n) is 2.50. The van der Waals surface area contributed by atoms with Crippen molar-refractivity contribution in [3.05, 3.63) is 54.9 Å². The third-order valence-electron chi connectivity index (χ3n) is 4.03. The lowest BCUT2D eigenvalue weighted by Gasteiger charge is -2.14. The van der Waals surface area contributed by atoms with Gasteiger partial charge in [-0.05, 0) is 50.5 Å². The molecule has 10 nitrogen and oxygen atoms in total.